The largest absolute Gasteiger partial charge is 0.472 e. The fourth-order valence-electron chi connectivity index (χ4n) is 12.7. The minimum absolute atomic E-state index is 0.108. The van der Waals surface area contributed by atoms with Crippen LogP contribution in [0.25, 0.3) is 0 Å². The van der Waals surface area contributed by atoms with Crippen LogP contribution in [0.4, 0.5) is 0 Å². The number of esters is 4. The highest BCUT2D eigenvalue weighted by atomic mass is 31.2. The molecule has 0 aromatic carbocycles. The predicted molar refractivity (Wildman–Crippen MR) is 414 cm³/mol. The van der Waals surface area contributed by atoms with E-state index in [4.69, 9.17) is 37.0 Å². The minimum atomic E-state index is -4.96. The lowest BCUT2D eigenvalue weighted by atomic mass is 10.00. The zero-order chi connectivity index (χ0) is 74.1. The average Bonchev–Trinajstić information content (AvgIpc) is 0.961. The van der Waals surface area contributed by atoms with E-state index in [0.29, 0.717) is 25.7 Å². The molecule has 101 heavy (non-hydrogen) atoms. The molecule has 0 aromatic heterocycles. The Morgan fingerprint density at radius 1 is 0.277 bits per heavy atom. The van der Waals surface area contributed by atoms with Crippen LogP contribution in [0, 0.1) is 5.92 Å². The van der Waals surface area contributed by atoms with E-state index >= 15 is 0 Å². The summed E-state index contributed by atoms with van der Waals surface area (Å²) in [6.07, 6.45) is 66.7. The summed E-state index contributed by atoms with van der Waals surface area (Å²) in [5.74, 6) is -1.37. The van der Waals surface area contributed by atoms with Gasteiger partial charge in [0.05, 0.1) is 26.4 Å². The zero-order valence-electron chi connectivity index (χ0n) is 66.1. The quantitative estimate of drug-likeness (QED) is 0.0222. The second-order valence-electron chi connectivity index (χ2n) is 29.8. The molecule has 3 N–H and O–H groups in total. The van der Waals surface area contributed by atoms with Gasteiger partial charge in [-0.2, -0.15) is 0 Å². The first-order valence-electron chi connectivity index (χ1n) is 42.7. The van der Waals surface area contributed by atoms with Crippen LogP contribution in [0.5, 0.6) is 0 Å². The number of aliphatic hydroxyl groups is 1. The van der Waals surface area contributed by atoms with Gasteiger partial charge in [0.25, 0.3) is 0 Å². The summed E-state index contributed by atoms with van der Waals surface area (Å²) < 4.78 is 68.7. The smallest absolute Gasteiger partial charge is 0.462 e. The van der Waals surface area contributed by atoms with E-state index in [1.807, 2.05) is 0 Å². The predicted octanol–water partition coefficient (Wildman–Crippen LogP) is 24.8. The number of unbranched alkanes of at least 4 members (excludes halogenated alkanes) is 53. The van der Waals surface area contributed by atoms with Crippen LogP contribution < -0.4 is 0 Å². The Labute approximate surface area is 619 Å². The molecule has 0 saturated carbocycles. The molecule has 0 saturated heterocycles. The Kier molecular flexibility index (Phi) is 73.5. The molecule has 17 nitrogen and oxygen atoms in total. The molecule has 0 aliphatic rings. The van der Waals surface area contributed by atoms with Gasteiger partial charge in [-0.3, -0.25) is 37.3 Å². The summed E-state index contributed by atoms with van der Waals surface area (Å²) in [7, 11) is -9.92. The summed E-state index contributed by atoms with van der Waals surface area (Å²) in [5, 5.41) is 10.6. The molecule has 0 amide bonds. The summed E-state index contributed by atoms with van der Waals surface area (Å²) in [6.45, 7) is 7.30. The number of rotatable bonds is 82. The molecule has 0 radical (unpaired) electrons. The van der Waals surface area contributed by atoms with Crippen LogP contribution in [-0.2, 0) is 65.4 Å². The van der Waals surface area contributed by atoms with Crippen molar-refractivity contribution in [2.24, 2.45) is 5.92 Å². The lowest BCUT2D eigenvalue weighted by Crippen LogP contribution is -2.30. The highest BCUT2D eigenvalue weighted by Crippen LogP contribution is 2.45. The summed E-state index contributed by atoms with van der Waals surface area (Å²) >= 11 is 0. The Morgan fingerprint density at radius 2 is 0.475 bits per heavy atom. The maximum atomic E-state index is 13.1. The van der Waals surface area contributed by atoms with Gasteiger partial charge >= 0.3 is 39.5 Å². The molecule has 0 aliphatic carbocycles. The second kappa shape index (κ2) is 74.9. The number of ether oxygens (including phenoxy) is 4. The summed E-state index contributed by atoms with van der Waals surface area (Å²) in [4.78, 5) is 73.1. The third-order valence-electron chi connectivity index (χ3n) is 19.6. The lowest BCUT2D eigenvalue weighted by molar-refractivity contribution is -0.161. The molecule has 0 rings (SSSR count). The van der Waals surface area contributed by atoms with Crippen molar-refractivity contribution in [2.75, 3.05) is 39.6 Å². The molecule has 0 bridgehead atoms. The van der Waals surface area contributed by atoms with Crippen molar-refractivity contribution < 1.29 is 80.2 Å². The van der Waals surface area contributed by atoms with Gasteiger partial charge in [-0.15, -0.1) is 0 Å². The van der Waals surface area contributed by atoms with Gasteiger partial charge in [-0.05, 0) is 31.6 Å². The van der Waals surface area contributed by atoms with Crippen LogP contribution >= 0.6 is 15.6 Å². The Morgan fingerprint density at radius 3 is 0.703 bits per heavy atom. The highest BCUT2D eigenvalue weighted by molar-refractivity contribution is 7.47. The van der Waals surface area contributed by atoms with E-state index < -0.39 is 97.5 Å². The number of carbonyl (C=O) groups excluding carboxylic acids is 4. The maximum absolute atomic E-state index is 13.1. The van der Waals surface area contributed by atoms with Gasteiger partial charge < -0.3 is 33.8 Å². The molecule has 19 heteroatoms. The number of phosphoric ester groups is 2. The number of hydrogen-bond acceptors (Lipinski definition) is 15. The van der Waals surface area contributed by atoms with Gasteiger partial charge in [0.1, 0.15) is 19.3 Å². The topological polar surface area (TPSA) is 237 Å². The van der Waals surface area contributed by atoms with E-state index in [-0.39, 0.29) is 25.7 Å². The SMILES string of the molecule is CCCCCCCCCCCCCCCCCCCCCCCC(=O)O[C@H](COC(=O)CCCCCCCCCCCCCCCCC)COP(=O)(O)OC[C@@H](O)COP(=O)(O)OC[C@@H](COC(=O)CCCCCCCCC(C)CC)OC(=O)CCCCCCCCCCCCCCCCC. The van der Waals surface area contributed by atoms with Crippen molar-refractivity contribution in [1.82, 2.24) is 0 Å². The summed E-state index contributed by atoms with van der Waals surface area (Å²) in [6, 6.07) is 0. The van der Waals surface area contributed by atoms with E-state index in [2.05, 4.69) is 34.6 Å². The fraction of sp³-hybridized carbons (Fsp3) is 0.951. The molecule has 0 fully saturated rings. The molecule has 0 aliphatic heterocycles. The van der Waals surface area contributed by atoms with Crippen molar-refractivity contribution in [2.45, 2.75) is 457 Å². The monoisotopic (exact) mass is 1480 g/mol. The first-order valence-corrected chi connectivity index (χ1v) is 45.7. The third kappa shape index (κ3) is 74.7. The first kappa shape index (κ1) is 99.1. The van der Waals surface area contributed by atoms with Crippen LogP contribution in [0.2, 0.25) is 0 Å². The molecule has 6 atom stereocenters. The highest BCUT2D eigenvalue weighted by Gasteiger charge is 2.30. The third-order valence-corrected chi connectivity index (χ3v) is 21.5. The molecular weight excluding hydrogens is 1320 g/mol. The normalized spacial score (nSPS) is 14.1. The zero-order valence-corrected chi connectivity index (χ0v) is 67.8. The Bertz CT molecular complexity index is 1930. The van der Waals surface area contributed by atoms with Crippen molar-refractivity contribution in [3.05, 3.63) is 0 Å². The van der Waals surface area contributed by atoms with E-state index in [1.54, 1.807) is 0 Å². The molecule has 3 unspecified atom stereocenters. The van der Waals surface area contributed by atoms with Gasteiger partial charge in [0.2, 0.25) is 0 Å². The van der Waals surface area contributed by atoms with Gasteiger partial charge in [-0.1, -0.05) is 388 Å². The minimum Gasteiger partial charge on any atom is -0.462 e. The maximum Gasteiger partial charge on any atom is 0.472 e. The first-order chi connectivity index (χ1) is 49.1. The van der Waals surface area contributed by atoms with Crippen LogP contribution in [0.3, 0.4) is 0 Å². The van der Waals surface area contributed by atoms with Crippen LogP contribution in [0.15, 0.2) is 0 Å². The van der Waals surface area contributed by atoms with E-state index in [9.17, 15) is 43.2 Å². The second-order valence-corrected chi connectivity index (χ2v) is 32.7. The van der Waals surface area contributed by atoms with Crippen molar-refractivity contribution >= 4 is 39.5 Å². The summed E-state index contributed by atoms with van der Waals surface area (Å²) in [5.41, 5.74) is 0. The lowest BCUT2D eigenvalue weighted by Gasteiger charge is -2.21. The molecule has 600 valence electrons. The molecule has 0 spiro atoms. The van der Waals surface area contributed by atoms with Crippen LogP contribution in [0.1, 0.15) is 439 Å². The van der Waals surface area contributed by atoms with Crippen molar-refractivity contribution in [3.8, 4) is 0 Å². The number of phosphoric acid groups is 2. The fourth-order valence-corrected chi connectivity index (χ4v) is 14.3. The Balaban J connectivity index is 5.22. The van der Waals surface area contributed by atoms with Crippen molar-refractivity contribution in [3.63, 3.8) is 0 Å². The molecule has 0 aromatic rings. The van der Waals surface area contributed by atoms with E-state index in [0.717, 1.165) is 102 Å². The standard InChI is InChI=1S/C82H160O17P2/c1-6-10-13-16-19-22-25-28-31-32-33-34-35-36-39-42-45-48-51-58-63-67-81(86)98-77(71-92-79(84)65-60-55-49-46-43-40-37-29-26-23-20-17-14-11-7-2)73-96-100(88,89)94-69-76(83)70-95-101(90,91)97-74-78(72-93-80(85)66-61-56-53-52-54-59-64-75(5)9-4)99-82(87)68-62-57-50-47-44-41-38-30-27-24-21-18-15-12-8-3/h75-78,83H,6-74H2,1-5H3,(H,88,89)(H,90,91)/t75?,76-,77-,78-/m1/s1. The molecular formula is C82H160O17P2. The van der Waals surface area contributed by atoms with Gasteiger partial charge in [-0.25, -0.2) is 9.13 Å². The van der Waals surface area contributed by atoms with E-state index in [1.165, 1.54) is 257 Å². The van der Waals surface area contributed by atoms with Gasteiger partial charge in [0, 0.05) is 25.7 Å². The average molecular weight is 1480 g/mol. The van der Waals surface area contributed by atoms with Gasteiger partial charge in [0.15, 0.2) is 12.2 Å². The Hall–Kier alpha value is -1.94. The molecule has 0 heterocycles. The number of aliphatic hydroxyl groups excluding tert-OH is 1. The van der Waals surface area contributed by atoms with Crippen LogP contribution in [-0.4, -0.2) is 96.7 Å². The number of carbonyl (C=O) groups is 4. The number of hydrogen-bond donors (Lipinski definition) is 3. The van der Waals surface area contributed by atoms with Crippen molar-refractivity contribution in [1.29, 1.82) is 0 Å².